The maximum absolute atomic E-state index is 5.05. The highest BCUT2D eigenvalue weighted by atomic mass is 32.2. The largest absolute Gasteiger partial charge is 0.270 e. The van der Waals surface area contributed by atoms with Crippen molar-refractivity contribution in [3.05, 3.63) is 131 Å². The van der Waals surface area contributed by atoms with Gasteiger partial charge in [-0.2, -0.15) is 5.10 Å². The summed E-state index contributed by atoms with van der Waals surface area (Å²) >= 11 is 1.68. The molecule has 6 aromatic rings. The fraction of sp³-hybridized carbons (Fsp3) is 0.147. The normalized spacial score (nSPS) is 11.2. The van der Waals surface area contributed by atoms with Gasteiger partial charge in [0.15, 0.2) is 11.0 Å². The molecule has 0 aliphatic carbocycles. The minimum Gasteiger partial charge on any atom is -0.270 e. The lowest BCUT2D eigenvalue weighted by atomic mass is 10.0. The lowest BCUT2D eigenvalue weighted by Gasteiger charge is -2.12. The van der Waals surface area contributed by atoms with Crippen LogP contribution in [0.2, 0.25) is 0 Å². The number of aryl methyl sites for hydroxylation is 4. The molecule has 6 heteroatoms. The highest BCUT2D eigenvalue weighted by molar-refractivity contribution is 7.98. The molecule has 2 aromatic heterocycles. The van der Waals surface area contributed by atoms with Crippen LogP contribution in [0, 0.1) is 27.7 Å². The third-order valence-electron chi connectivity index (χ3n) is 7.36. The van der Waals surface area contributed by atoms with Gasteiger partial charge >= 0.3 is 0 Å². The van der Waals surface area contributed by atoms with E-state index in [0.717, 1.165) is 44.7 Å². The molecule has 6 rings (SSSR count). The number of nitrogens with zero attached hydrogens (tertiary/aromatic N) is 5. The predicted molar refractivity (Wildman–Crippen MR) is 164 cm³/mol. The Labute approximate surface area is 239 Å². The van der Waals surface area contributed by atoms with Crippen molar-refractivity contribution in [3.63, 3.8) is 0 Å². The van der Waals surface area contributed by atoms with E-state index in [1.807, 2.05) is 41.1 Å². The summed E-state index contributed by atoms with van der Waals surface area (Å²) in [5, 5.41) is 15.2. The van der Waals surface area contributed by atoms with Crippen molar-refractivity contribution in [1.29, 1.82) is 0 Å². The zero-order chi connectivity index (χ0) is 27.6. The van der Waals surface area contributed by atoms with Gasteiger partial charge in [0.1, 0.15) is 0 Å². The van der Waals surface area contributed by atoms with E-state index >= 15 is 0 Å². The molecule has 0 unspecified atom stereocenters. The molecule has 0 saturated heterocycles. The topological polar surface area (TPSA) is 48.5 Å². The predicted octanol–water partition coefficient (Wildman–Crippen LogP) is 8.31. The van der Waals surface area contributed by atoms with Gasteiger partial charge < -0.3 is 0 Å². The monoisotopic (exact) mass is 541 g/mol. The number of hydrogen-bond donors (Lipinski definition) is 0. The third-order valence-corrected chi connectivity index (χ3v) is 8.34. The van der Waals surface area contributed by atoms with Gasteiger partial charge in [-0.15, -0.1) is 10.2 Å². The van der Waals surface area contributed by atoms with Crippen LogP contribution in [0.4, 0.5) is 0 Å². The minimum absolute atomic E-state index is 0.701. The van der Waals surface area contributed by atoms with Gasteiger partial charge in [0.05, 0.1) is 17.1 Å². The molecule has 0 saturated carbocycles. The Morgan fingerprint density at radius 1 is 0.625 bits per heavy atom. The highest BCUT2D eigenvalue weighted by Crippen LogP contribution is 2.34. The van der Waals surface area contributed by atoms with Crippen molar-refractivity contribution in [3.8, 4) is 34.0 Å². The van der Waals surface area contributed by atoms with E-state index < -0.39 is 0 Å². The Hall–Kier alpha value is -4.42. The van der Waals surface area contributed by atoms with Crippen LogP contribution in [0.25, 0.3) is 34.0 Å². The summed E-state index contributed by atoms with van der Waals surface area (Å²) in [5.74, 6) is 1.54. The first-order chi connectivity index (χ1) is 19.5. The molecule has 0 aliphatic heterocycles. The second-order valence-electron chi connectivity index (χ2n) is 10.1. The Kier molecular flexibility index (Phi) is 7.10. The Morgan fingerprint density at radius 2 is 1.30 bits per heavy atom. The summed E-state index contributed by atoms with van der Waals surface area (Å²) in [4.78, 5) is 0. The van der Waals surface area contributed by atoms with Crippen molar-refractivity contribution >= 4 is 11.8 Å². The first-order valence-corrected chi connectivity index (χ1v) is 14.4. The lowest BCUT2D eigenvalue weighted by molar-refractivity contribution is 0.882. The summed E-state index contributed by atoms with van der Waals surface area (Å²) in [6, 6.07) is 33.6. The van der Waals surface area contributed by atoms with Gasteiger partial charge in [-0.05, 0) is 80.3 Å². The van der Waals surface area contributed by atoms with Crippen LogP contribution in [-0.2, 0) is 5.75 Å². The number of aromatic nitrogens is 5. The molecule has 5 nitrogen and oxygen atoms in total. The van der Waals surface area contributed by atoms with E-state index in [1.165, 1.54) is 22.3 Å². The molecule has 0 aliphatic rings. The molecule has 0 atom stereocenters. The Morgan fingerprint density at radius 3 is 2.00 bits per heavy atom. The fourth-order valence-corrected chi connectivity index (χ4v) is 5.65. The Balaban J connectivity index is 1.41. The van der Waals surface area contributed by atoms with E-state index in [2.05, 4.69) is 109 Å². The van der Waals surface area contributed by atoms with Crippen LogP contribution >= 0.6 is 11.8 Å². The van der Waals surface area contributed by atoms with Crippen LogP contribution in [0.3, 0.4) is 0 Å². The van der Waals surface area contributed by atoms with Crippen LogP contribution in [0.1, 0.15) is 27.8 Å². The molecule has 0 radical (unpaired) electrons. The van der Waals surface area contributed by atoms with Crippen molar-refractivity contribution in [2.24, 2.45) is 0 Å². The van der Waals surface area contributed by atoms with E-state index in [-0.39, 0.29) is 0 Å². The smallest absolute Gasteiger partial charge is 0.196 e. The van der Waals surface area contributed by atoms with Crippen LogP contribution in [0.15, 0.2) is 108 Å². The van der Waals surface area contributed by atoms with Gasteiger partial charge in [0.25, 0.3) is 0 Å². The average Bonchev–Trinajstić information content (AvgIpc) is 3.60. The van der Waals surface area contributed by atoms with Gasteiger partial charge in [-0.25, -0.2) is 4.68 Å². The van der Waals surface area contributed by atoms with Crippen molar-refractivity contribution in [2.45, 2.75) is 38.6 Å². The molecule has 40 heavy (non-hydrogen) atoms. The Bertz CT molecular complexity index is 1780. The maximum atomic E-state index is 5.05. The van der Waals surface area contributed by atoms with Gasteiger partial charge in [0, 0.05) is 28.6 Å². The SMILES string of the molecule is Cc1ccc(-c2nn(-c3ccccc3)cc2CSc2nnc(-c3ccccc3)n2-c2ccc(C)c(C)c2)cc1C. The van der Waals surface area contributed by atoms with Crippen molar-refractivity contribution < 1.29 is 0 Å². The number of rotatable bonds is 7. The number of thioether (sulfide) groups is 1. The molecular formula is C34H31N5S. The minimum atomic E-state index is 0.701. The summed E-state index contributed by atoms with van der Waals surface area (Å²) < 4.78 is 4.15. The van der Waals surface area contributed by atoms with E-state index in [4.69, 9.17) is 5.10 Å². The van der Waals surface area contributed by atoms with Gasteiger partial charge in [-0.3, -0.25) is 4.57 Å². The summed E-state index contributed by atoms with van der Waals surface area (Å²) in [6.07, 6.45) is 2.14. The van der Waals surface area contributed by atoms with Crippen LogP contribution < -0.4 is 0 Å². The molecule has 198 valence electrons. The first kappa shape index (κ1) is 25.8. The standard InChI is InChI=1S/C34H31N5S/c1-23-15-17-28(19-25(23)3)32-29(21-38(37-32)30-13-9-6-10-14-30)22-40-34-36-35-33(27-11-7-5-8-12-27)39(34)31-18-16-24(2)26(4)20-31/h5-21H,22H2,1-4H3. The fourth-order valence-electron chi connectivity index (χ4n) is 4.74. The molecule has 0 bridgehead atoms. The molecule has 0 N–H and O–H groups in total. The van der Waals surface area contributed by atoms with Gasteiger partial charge in [-0.1, -0.05) is 78.5 Å². The lowest BCUT2D eigenvalue weighted by Crippen LogP contribution is -2.01. The molecule has 0 spiro atoms. The number of hydrogen-bond acceptors (Lipinski definition) is 4. The van der Waals surface area contributed by atoms with Crippen molar-refractivity contribution in [1.82, 2.24) is 24.5 Å². The van der Waals surface area contributed by atoms with Gasteiger partial charge in [0.2, 0.25) is 0 Å². The summed E-state index contributed by atoms with van der Waals surface area (Å²) in [5.41, 5.74) is 11.4. The molecule has 2 heterocycles. The molecule has 0 fully saturated rings. The number of benzene rings is 4. The second kappa shape index (κ2) is 11.0. The average molecular weight is 542 g/mol. The summed E-state index contributed by atoms with van der Waals surface area (Å²) in [6.45, 7) is 8.57. The zero-order valence-corrected chi connectivity index (χ0v) is 24.0. The zero-order valence-electron chi connectivity index (χ0n) is 23.2. The van der Waals surface area contributed by atoms with E-state index in [9.17, 15) is 0 Å². The molecule has 0 amide bonds. The first-order valence-electron chi connectivity index (χ1n) is 13.4. The second-order valence-corrected chi connectivity index (χ2v) is 11.1. The summed E-state index contributed by atoms with van der Waals surface area (Å²) in [7, 11) is 0. The molecule has 4 aromatic carbocycles. The third kappa shape index (κ3) is 5.10. The number of para-hydroxylation sites is 1. The van der Waals surface area contributed by atoms with Crippen LogP contribution in [-0.4, -0.2) is 24.5 Å². The molecular weight excluding hydrogens is 510 g/mol. The maximum Gasteiger partial charge on any atom is 0.196 e. The van der Waals surface area contributed by atoms with Crippen molar-refractivity contribution in [2.75, 3.05) is 0 Å². The highest BCUT2D eigenvalue weighted by Gasteiger charge is 2.19. The van der Waals surface area contributed by atoms with Crippen LogP contribution in [0.5, 0.6) is 0 Å². The quantitative estimate of drug-likeness (QED) is 0.191. The van der Waals surface area contributed by atoms with E-state index in [0.29, 0.717) is 5.75 Å². The van der Waals surface area contributed by atoms with E-state index in [1.54, 1.807) is 11.8 Å².